The van der Waals surface area contributed by atoms with Crippen molar-refractivity contribution in [2.45, 2.75) is 39.8 Å². The van der Waals surface area contributed by atoms with Gasteiger partial charge in [-0.3, -0.25) is 9.69 Å². The van der Waals surface area contributed by atoms with Gasteiger partial charge < -0.3 is 19.0 Å². The highest BCUT2D eigenvalue weighted by atomic mass is 16.3. The molecule has 4 heterocycles. The topological polar surface area (TPSA) is 101 Å². The monoisotopic (exact) mass is 488 g/mol. The molecule has 0 atom stereocenters. The molecule has 5 rings (SSSR count). The van der Waals surface area contributed by atoms with E-state index in [0.29, 0.717) is 36.1 Å². The van der Waals surface area contributed by atoms with E-state index in [9.17, 15) is 9.90 Å². The Labute approximate surface area is 210 Å². The molecule has 0 radical (unpaired) electrons. The van der Waals surface area contributed by atoms with Gasteiger partial charge in [0.25, 0.3) is 5.91 Å². The maximum absolute atomic E-state index is 13.6. The number of nitrogens with zero attached hydrogens (tertiary/aromatic N) is 6. The molecule has 0 unspecified atom stereocenters. The third-order valence-corrected chi connectivity index (χ3v) is 6.76. The maximum atomic E-state index is 13.6. The second-order valence-electron chi connectivity index (χ2n) is 10.1. The number of benzene rings is 1. The number of hydrogen-bond acceptors (Lipinski definition) is 7. The molecular weight excluding hydrogens is 456 g/mol. The molecule has 4 aromatic rings. The maximum Gasteiger partial charge on any atom is 0.254 e. The number of aliphatic hydroxyl groups is 1. The van der Waals surface area contributed by atoms with Crippen LogP contribution in [0, 0.1) is 13.8 Å². The molecule has 36 heavy (non-hydrogen) atoms. The summed E-state index contributed by atoms with van der Waals surface area (Å²) in [4.78, 5) is 31.1. The largest absolute Gasteiger partial charge is 0.449 e. The molecule has 0 saturated carbocycles. The van der Waals surface area contributed by atoms with Crippen molar-refractivity contribution in [3.05, 3.63) is 65.4 Å². The highest BCUT2D eigenvalue weighted by Crippen LogP contribution is 2.32. The highest BCUT2D eigenvalue weighted by molar-refractivity contribution is 6.03. The number of fused-ring (bicyclic) bond motifs is 1. The summed E-state index contributed by atoms with van der Waals surface area (Å²) in [7, 11) is 1.99. The van der Waals surface area contributed by atoms with E-state index < -0.39 is 5.60 Å². The molecule has 0 spiro atoms. The molecule has 0 aliphatic carbocycles. The van der Waals surface area contributed by atoms with Gasteiger partial charge in [-0.15, -0.1) is 0 Å². The number of carbonyl (C=O) groups excluding carboxylic acids is 1. The van der Waals surface area contributed by atoms with E-state index in [1.807, 2.05) is 48.7 Å². The van der Waals surface area contributed by atoms with E-state index in [0.717, 1.165) is 47.4 Å². The summed E-state index contributed by atoms with van der Waals surface area (Å²) in [5, 5.41) is 11.3. The molecule has 1 saturated heterocycles. The van der Waals surface area contributed by atoms with Crippen LogP contribution in [0.4, 0.5) is 0 Å². The molecule has 1 aliphatic rings. The van der Waals surface area contributed by atoms with Crippen LogP contribution < -0.4 is 0 Å². The number of oxazole rings is 1. The molecule has 9 nitrogen and oxygen atoms in total. The Balaban J connectivity index is 1.40. The molecule has 188 valence electrons. The lowest BCUT2D eigenvalue weighted by Gasteiger charge is -2.34. The average molecular weight is 489 g/mol. The smallest absolute Gasteiger partial charge is 0.254 e. The molecule has 3 aromatic heterocycles. The molecule has 1 fully saturated rings. The van der Waals surface area contributed by atoms with E-state index >= 15 is 0 Å². The van der Waals surface area contributed by atoms with Gasteiger partial charge in [-0.1, -0.05) is 0 Å². The van der Waals surface area contributed by atoms with Crippen molar-refractivity contribution in [1.29, 1.82) is 0 Å². The summed E-state index contributed by atoms with van der Waals surface area (Å²) in [5.41, 5.74) is 4.06. The molecule has 9 heteroatoms. The third kappa shape index (κ3) is 4.64. The lowest BCUT2D eigenvalue weighted by atomic mass is 10.0. The van der Waals surface area contributed by atoms with Crippen LogP contribution in [0.25, 0.3) is 22.2 Å². The second kappa shape index (κ2) is 9.15. The number of aromatic nitrogens is 4. The molecule has 1 N–H and O–H groups in total. The van der Waals surface area contributed by atoms with Crippen LogP contribution in [0.5, 0.6) is 0 Å². The van der Waals surface area contributed by atoms with E-state index in [2.05, 4.69) is 25.9 Å². The van der Waals surface area contributed by atoms with Crippen LogP contribution in [0.15, 0.2) is 41.3 Å². The van der Waals surface area contributed by atoms with E-state index in [-0.39, 0.29) is 5.91 Å². The van der Waals surface area contributed by atoms with Crippen molar-refractivity contribution in [2.75, 3.05) is 26.2 Å². The number of piperazine rings is 1. The summed E-state index contributed by atoms with van der Waals surface area (Å²) in [6, 6.07) is 5.88. The predicted octanol–water partition coefficient (Wildman–Crippen LogP) is 3.43. The minimum Gasteiger partial charge on any atom is -0.449 e. The van der Waals surface area contributed by atoms with Gasteiger partial charge in [0.15, 0.2) is 11.7 Å². The summed E-state index contributed by atoms with van der Waals surface area (Å²) < 4.78 is 7.36. The van der Waals surface area contributed by atoms with Crippen molar-refractivity contribution in [1.82, 2.24) is 29.3 Å². The van der Waals surface area contributed by atoms with E-state index in [4.69, 9.17) is 4.42 Å². The number of hydrogen-bond donors (Lipinski definition) is 1. The first-order chi connectivity index (χ1) is 17.1. The summed E-state index contributed by atoms with van der Waals surface area (Å²) in [6.45, 7) is 10.8. The van der Waals surface area contributed by atoms with Crippen LogP contribution in [0.3, 0.4) is 0 Å². The zero-order valence-corrected chi connectivity index (χ0v) is 21.4. The van der Waals surface area contributed by atoms with Gasteiger partial charge in [0.1, 0.15) is 11.9 Å². The predicted molar refractivity (Wildman–Crippen MR) is 136 cm³/mol. The lowest BCUT2D eigenvalue weighted by Crippen LogP contribution is -2.48. The van der Waals surface area contributed by atoms with Crippen molar-refractivity contribution in [3.8, 4) is 11.3 Å². The fraction of sp³-hybridized carbons (Fsp3) is 0.407. The number of amides is 1. The third-order valence-electron chi connectivity index (χ3n) is 6.76. The minimum atomic E-state index is -1.15. The molecular formula is C27H32N6O3. The van der Waals surface area contributed by atoms with Gasteiger partial charge >= 0.3 is 0 Å². The molecule has 1 aromatic carbocycles. The fourth-order valence-corrected chi connectivity index (χ4v) is 4.76. The number of rotatable bonds is 5. The van der Waals surface area contributed by atoms with Gasteiger partial charge in [0.05, 0.1) is 11.4 Å². The summed E-state index contributed by atoms with van der Waals surface area (Å²) in [6.07, 6.45) is 5.37. The minimum absolute atomic E-state index is 0.0426. The van der Waals surface area contributed by atoms with Gasteiger partial charge in [-0.25, -0.2) is 15.0 Å². The van der Waals surface area contributed by atoms with Crippen molar-refractivity contribution in [2.24, 2.45) is 7.05 Å². The summed E-state index contributed by atoms with van der Waals surface area (Å²) >= 11 is 0. The van der Waals surface area contributed by atoms with E-state index in [1.165, 1.54) is 0 Å². The first-order valence-corrected chi connectivity index (χ1v) is 12.2. The standard InChI is InChI=1S/C27H32N6O3/c1-17-12-24-21(22(15-31(24)5)23-6-7-28-26(30-23)27(3,4)35)13-20(17)25(34)33-10-8-32(9-11-33)14-19-16-36-18(2)29-19/h6-7,12-13,15-16,35H,8-11,14H2,1-5H3. The first kappa shape index (κ1) is 24.1. The van der Waals surface area contributed by atoms with E-state index in [1.54, 1.807) is 26.3 Å². The Morgan fingerprint density at radius 2 is 1.89 bits per heavy atom. The van der Waals surface area contributed by atoms with Gasteiger partial charge in [0, 0.05) is 81.1 Å². The van der Waals surface area contributed by atoms with Crippen LogP contribution in [-0.2, 0) is 19.2 Å². The first-order valence-electron chi connectivity index (χ1n) is 12.2. The quantitative estimate of drug-likeness (QED) is 0.459. The van der Waals surface area contributed by atoms with Crippen LogP contribution in [-0.4, -0.2) is 66.5 Å². The Morgan fingerprint density at radius 3 is 2.56 bits per heavy atom. The Bertz CT molecular complexity index is 1420. The van der Waals surface area contributed by atoms with Gasteiger partial charge in [0.2, 0.25) is 0 Å². The zero-order chi connectivity index (χ0) is 25.6. The van der Waals surface area contributed by atoms with Crippen LogP contribution in [0.1, 0.15) is 47.2 Å². The summed E-state index contributed by atoms with van der Waals surface area (Å²) in [5.74, 6) is 1.07. The number of aryl methyl sites for hydroxylation is 3. The fourth-order valence-electron chi connectivity index (χ4n) is 4.76. The molecule has 0 bridgehead atoms. The van der Waals surface area contributed by atoms with Crippen LogP contribution in [0.2, 0.25) is 0 Å². The van der Waals surface area contributed by atoms with Gasteiger partial charge in [-0.05, 0) is 44.5 Å². The Hall–Kier alpha value is -3.56. The second-order valence-corrected chi connectivity index (χ2v) is 10.1. The SMILES string of the molecule is Cc1nc(CN2CCN(C(=O)c3cc4c(-c5ccnc(C(C)(C)O)n5)cn(C)c4cc3C)CC2)co1. The molecule has 1 aliphatic heterocycles. The highest BCUT2D eigenvalue weighted by Gasteiger charge is 2.26. The van der Waals surface area contributed by atoms with Crippen molar-refractivity contribution >= 4 is 16.8 Å². The van der Waals surface area contributed by atoms with Crippen molar-refractivity contribution in [3.63, 3.8) is 0 Å². The van der Waals surface area contributed by atoms with Crippen LogP contribution >= 0.6 is 0 Å². The number of carbonyl (C=O) groups is 1. The Kier molecular flexibility index (Phi) is 6.13. The van der Waals surface area contributed by atoms with Gasteiger partial charge in [-0.2, -0.15) is 0 Å². The van der Waals surface area contributed by atoms with Crippen molar-refractivity contribution < 1.29 is 14.3 Å². The Morgan fingerprint density at radius 1 is 1.14 bits per heavy atom. The molecule has 1 amide bonds. The lowest BCUT2D eigenvalue weighted by molar-refractivity contribution is 0.0626. The zero-order valence-electron chi connectivity index (χ0n) is 21.4. The normalized spacial score (nSPS) is 15.1. The average Bonchev–Trinajstić information content (AvgIpc) is 3.40.